The van der Waals surface area contributed by atoms with Gasteiger partial charge in [-0.3, -0.25) is 0 Å². The molecule has 0 spiro atoms. The van der Waals surface area contributed by atoms with E-state index in [0.29, 0.717) is 5.92 Å². The molecule has 1 nitrogen and oxygen atoms in total. The van der Waals surface area contributed by atoms with E-state index in [2.05, 4.69) is 41.1 Å². The Labute approximate surface area is 130 Å². The molecule has 1 saturated carbocycles. The number of fused-ring (bicyclic) bond motifs is 1. The topological polar surface area (TPSA) is 20.2 Å². The zero-order chi connectivity index (χ0) is 14.2. The molecule has 2 aliphatic carbocycles. The SMILES string of the molecule is CCC1CCCC(C2(O)CCc3cc(Br)ccc3C2)C1. The molecular weight excluding hydrogens is 312 g/mol. The lowest BCUT2D eigenvalue weighted by Crippen LogP contribution is -2.45. The van der Waals surface area contributed by atoms with Crippen molar-refractivity contribution in [2.75, 3.05) is 0 Å². The number of aryl methyl sites for hydroxylation is 1. The van der Waals surface area contributed by atoms with E-state index in [-0.39, 0.29) is 0 Å². The average Bonchev–Trinajstić information content (AvgIpc) is 2.48. The minimum Gasteiger partial charge on any atom is -0.389 e. The van der Waals surface area contributed by atoms with Crippen molar-refractivity contribution < 1.29 is 5.11 Å². The average molecular weight is 337 g/mol. The number of hydrogen-bond acceptors (Lipinski definition) is 1. The van der Waals surface area contributed by atoms with Gasteiger partial charge in [-0.1, -0.05) is 48.2 Å². The van der Waals surface area contributed by atoms with Gasteiger partial charge in [0.15, 0.2) is 0 Å². The highest BCUT2D eigenvalue weighted by Crippen LogP contribution is 2.43. The van der Waals surface area contributed by atoms with Crippen molar-refractivity contribution in [1.29, 1.82) is 0 Å². The summed E-state index contributed by atoms with van der Waals surface area (Å²) in [6.07, 6.45) is 9.23. The summed E-state index contributed by atoms with van der Waals surface area (Å²) in [4.78, 5) is 0. The molecule has 0 amide bonds. The molecule has 3 atom stereocenters. The molecule has 0 bridgehead atoms. The van der Waals surface area contributed by atoms with E-state index in [1.165, 1.54) is 43.2 Å². The van der Waals surface area contributed by atoms with E-state index >= 15 is 0 Å². The third-order valence-electron chi connectivity index (χ3n) is 5.61. The van der Waals surface area contributed by atoms with Crippen LogP contribution in [0.15, 0.2) is 22.7 Å². The molecule has 2 aliphatic rings. The fraction of sp³-hybridized carbons (Fsp3) is 0.667. The maximum Gasteiger partial charge on any atom is 0.0719 e. The molecule has 3 unspecified atom stereocenters. The first kappa shape index (κ1) is 14.6. The van der Waals surface area contributed by atoms with Crippen molar-refractivity contribution in [1.82, 2.24) is 0 Å². The lowest BCUT2D eigenvalue weighted by Gasteiger charge is -2.43. The number of halogens is 1. The van der Waals surface area contributed by atoms with Gasteiger partial charge in [0.1, 0.15) is 0 Å². The van der Waals surface area contributed by atoms with Crippen LogP contribution in [-0.2, 0) is 12.8 Å². The molecular formula is C18H25BrO. The number of rotatable bonds is 2. The molecule has 0 aliphatic heterocycles. The van der Waals surface area contributed by atoms with E-state index in [1.807, 2.05) is 0 Å². The molecule has 0 radical (unpaired) electrons. The van der Waals surface area contributed by atoms with E-state index in [1.54, 1.807) is 0 Å². The third-order valence-corrected chi connectivity index (χ3v) is 6.11. The van der Waals surface area contributed by atoms with Gasteiger partial charge in [-0.2, -0.15) is 0 Å². The zero-order valence-corrected chi connectivity index (χ0v) is 14.0. The number of hydrogen-bond donors (Lipinski definition) is 1. The van der Waals surface area contributed by atoms with Gasteiger partial charge in [-0.05, 0) is 60.8 Å². The van der Waals surface area contributed by atoms with Crippen LogP contribution in [0, 0.1) is 11.8 Å². The largest absolute Gasteiger partial charge is 0.389 e. The Bertz CT molecular complexity index is 484. The number of aliphatic hydroxyl groups is 1. The molecule has 2 heteroatoms. The van der Waals surface area contributed by atoms with Crippen LogP contribution in [-0.4, -0.2) is 10.7 Å². The van der Waals surface area contributed by atoms with Crippen LogP contribution >= 0.6 is 15.9 Å². The minimum atomic E-state index is -0.450. The summed E-state index contributed by atoms with van der Waals surface area (Å²) in [5.41, 5.74) is 2.33. The van der Waals surface area contributed by atoms with Crippen LogP contribution in [0.4, 0.5) is 0 Å². The highest BCUT2D eigenvalue weighted by Gasteiger charge is 2.41. The van der Waals surface area contributed by atoms with Crippen molar-refractivity contribution in [2.45, 2.75) is 63.9 Å². The Morgan fingerprint density at radius 1 is 1.30 bits per heavy atom. The van der Waals surface area contributed by atoms with Gasteiger partial charge in [-0.25, -0.2) is 0 Å². The number of benzene rings is 1. The normalized spacial score (nSPS) is 33.8. The second kappa shape index (κ2) is 5.81. The van der Waals surface area contributed by atoms with Crippen LogP contribution in [0.5, 0.6) is 0 Å². The lowest BCUT2D eigenvalue weighted by molar-refractivity contribution is -0.0520. The molecule has 1 aromatic rings. The lowest BCUT2D eigenvalue weighted by atomic mass is 9.66. The molecule has 1 aromatic carbocycles. The van der Waals surface area contributed by atoms with Crippen molar-refractivity contribution in [3.63, 3.8) is 0 Å². The first-order valence-electron chi connectivity index (χ1n) is 8.10. The van der Waals surface area contributed by atoms with Crippen LogP contribution in [0.2, 0.25) is 0 Å². The van der Waals surface area contributed by atoms with Crippen LogP contribution in [0.25, 0.3) is 0 Å². The van der Waals surface area contributed by atoms with Crippen molar-refractivity contribution in [2.24, 2.45) is 11.8 Å². The summed E-state index contributed by atoms with van der Waals surface area (Å²) in [6.45, 7) is 2.30. The summed E-state index contributed by atoms with van der Waals surface area (Å²) < 4.78 is 1.16. The molecule has 0 heterocycles. The first-order chi connectivity index (χ1) is 9.60. The second-order valence-corrected chi connectivity index (χ2v) is 7.75. The maximum atomic E-state index is 11.2. The van der Waals surface area contributed by atoms with Crippen LogP contribution in [0.3, 0.4) is 0 Å². The van der Waals surface area contributed by atoms with Crippen LogP contribution in [0.1, 0.15) is 56.6 Å². The smallest absolute Gasteiger partial charge is 0.0719 e. The molecule has 1 fully saturated rings. The van der Waals surface area contributed by atoms with Gasteiger partial charge in [0.25, 0.3) is 0 Å². The van der Waals surface area contributed by atoms with E-state index < -0.39 is 5.60 Å². The monoisotopic (exact) mass is 336 g/mol. The molecule has 1 N–H and O–H groups in total. The van der Waals surface area contributed by atoms with Gasteiger partial charge < -0.3 is 5.11 Å². The Balaban J connectivity index is 1.78. The summed E-state index contributed by atoms with van der Waals surface area (Å²) in [5.74, 6) is 1.35. The Morgan fingerprint density at radius 3 is 2.95 bits per heavy atom. The Morgan fingerprint density at radius 2 is 2.15 bits per heavy atom. The zero-order valence-electron chi connectivity index (χ0n) is 12.4. The molecule has 20 heavy (non-hydrogen) atoms. The van der Waals surface area contributed by atoms with Gasteiger partial charge in [0.2, 0.25) is 0 Å². The summed E-state index contributed by atoms with van der Waals surface area (Å²) in [7, 11) is 0. The van der Waals surface area contributed by atoms with Crippen molar-refractivity contribution >= 4 is 15.9 Å². The summed E-state index contributed by atoms with van der Waals surface area (Å²) >= 11 is 3.55. The van der Waals surface area contributed by atoms with E-state index in [0.717, 1.165) is 29.7 Å². The predicted molar refractivity (Wildman–Crippen MR) is 86.9 cm³/mol. The molecule has 3 rings (SSSR count). The van der Waals surface area contributed by atoms with Gasteiger partial charge in [-0.15, -0.1) is 0 Å². The van der Waals surface area contributed by atoms with E-state index in [9.17, 15) is 5.11 Å². The third kappa shape index (κ3) is 2.82. The highest BCUT2D eigenvalue weighted by molar-refractivity contribution is 9.10. The second-order valence-electron chi connectivity index (χ2n) is 6.83. The first-order valence-corrected chi connectivity index (χ1v) is 8.89. The standard InChI is InChI=1S/C18H25BrO/c1-2-13-4-3-5-16(10-13)18(20)9-8-14-11-17(19)7-6-15(14)12-18/h6-7,11,13,16,20H,2-5,8-10,12H2,1H3. The summed E-state index contributed by atoms with van der Waals surface area (Å²) in [6, 6.07) is 6.54. The quantitative estimate of drug-likeness (QED) is 0.815. The Hall–Kier alpha value is -0.340. The maximum absolute atomic E-state index is 11.2. The van der Waals surface area contributed by atoms with E-state index in [4.69, 9.17) is 0 Å². The molecule has 0 aromatic heterocycles. The van der Waals surface area contributed by atoms with Crippen molar-refractivity contribution in [3.8, 4) is 0 Å². The fourth-order valence-corrected chi connectivity index (χ4v) is 4.68. The molecule has 110 valence electrons. The predicted octanol–water partition coefficient (Wildman–Crippen LogP) is 4.89. The fourth-order valence-electron chi connectivity index (χ4n) is 4.27. The van der Waals surface area contributed by atoms with Gasteiger partial charge in [0.05, 0.1) is 5.60 Å². The van der Waals surface area contributed by atoms with Crippen LogP contribution < -0.4 is 0 Å². The molecule has 0 saturated heterocycles. The van der Waals surface area contributed by atoms with Crippen molar-refractivity contribution in [3.05, 3.63) is 33.8 Å². The summed E-state index contributed by atoms with van der Waals surface area (Å²) in [5, 5.41) is 11.2. The Kier molecular flexibility index (Phi) is 4.24. The van der Waals surface area contributed by atoms with Gasteiger partial charge in [0, 0.05) is 10.9 Å². The highest BCUT2D eigenvalue weighted by atomic mass is 79.9. The minimum absolute atomic E-state index is 0.450. The van der Waals surface area contributed by atoms with Gasteiger partial charge >= 0.3 is 0 Å².